The van der Waals surface area contributed by atoms with Gasteiger partial charge in [0, 0.05) is 28.2 Å². The normalized spacial score (nSPS) is 18.0. The van der Waals surface area contributed by atoms with Gasteiger partial charge in [0.25, 0.3) is 0 Å². The molecular formula is C42H30O2. The lowest BCUT2D eigenvalue weighted by atomic mass is 9.89. The van der Waals surface area contributed by atoms with E-state index >= 15 is 0 Å². The fourth-order valence-electron chi connectivity index (χ4n) is 6.96. The summed E-state index contributed by atoms with van der Waals surface area (Å²) in [4.78, 5) is 0. The van der Waals surface area contributed by atoms with E-state index < -0.39 is 0 Å². The van der Waals surface area contributed by atoms with Gasteiger partial charge in [0.05, 0.1) is 0 Å². The lowest BCUT2D eigenvalue weighted by Crippen LogP contribution is -2.32. The Hall–Kier alpha value is -5.34. The molecule has 2 unspecified atom stereocenters. The third kappa shape index (κ3) is 4.26. The summed E-state index contributed by atoms with van der Waals surface area (Å²) in [5, 5.41) is 2.31. The molecule has 210 valence electrons. The van der Waals surface area contributed by atoms with Crippen molar-refractivity contribution >= 4 is 28.7 Å². The van der Waals surface area contributed by atoms with Crippen molar-refractivity contribution < 1.29 is 9.15 Å². The molecule has 5 aromatic carbocycles. The summed E-state index contributed by atoms with van der Waals surface area (Å²) < 4.78 is 13.0. The molecule has 2 heteroatoms. The molecule has 0 bridgehead atoms. The van der Waals surface area contributed by atoms with E-state index in [1.54, 1.807) is 0 Å². The quantitative estimate of drug-likeness (QED) is 0.212. The van der Waals surface area contributed by atoms with Gasteiger partial charge in [-0.2, -0.15) is 0 Å². The van der Waals surface area contributed by atoms with Crippen LogP contribution in [0.15, 0.2) is 138 Å². The molecule has 3 aliphatic rings. The van der Waals surface area contributed by atoms with E-state index in [4.69, 9.17) is 9.15 Å². The van der Waals surface area contributed by atoms with E-state index in [9.17, 15) is 0 Å². The maximum atomic E-state index is 6.52. The first-order valence-electron chi connectivity index (χ1n) is 15.5. The second kappa shape index (κ2) is 10.1. The van der Waals surface area contributed by atoms with Crippen molar-refractivity contribution in [1.29, 1.82) is 0 Å². The van der Waals surface area contributed by atoms with Crippen molar-refractivity contribution in [2.45, 2.75) is 24.9 Å². The molecule has 0 amide bonds. The van der Waals surface area contributed by atoms with Gasteiger partial charge in [0.1, 0.15) is 22.9 Å². The molecule has 2 aliphatic carbocycles. The van der Waals surface area contributed by atoms with E-state index in [0.29, 0.717) is 0 Å². The third-order valence-electron chi connectivity index (χ3n) is 9.34. The lowest BCUT2D eigenvalue weighted by molar-refractivity contribution is 0.286. The molecule has 9 rings (SSSR count). The topological polar surface area (TPSA) is 22.4 Å². The monoisotopic (exact) mass is 566 g/mol. The van der Waals surface area contributed by atoms with E-state index in [-0.39, 0.29) is 12.0 Å². The fourth-order valence-corrected chi connectivity index (χ4v) is 6.96. The predicted molar refractivity (Wildman–Crippen MR) is 181 cm³/mol. The SMILES string of the molecule is C1=CCCC(c2ccc(-c3ccc4c(c3)OC3C=c5oc6cc(-c7ccc(-c8ccccc8)cc7)ccc6c5=CC43)cc2)=C1. The molecule has 1 aliphatic heterocycles. The minimum absolute atomic E-state index is 0.0630. The van der Waals surface area contributed by atoms with Crippen molar-refractivity contribution in [3.8, 4) is 39.1 Å². The Balaban J connectivity index is 1.00. The molecule has 2 heterocycles. The summed E-state index contributed by atoms with van der Waals surface area (Å²) in [7, 11) is 0. The van der Waals surface area contributed by atoms with E-state index in [1.807, 2.05) is 6.07 Å². The predicted octanol–water partition coefficient (Wildman–Crippen LogP) is 9.29. The van der Waals surface area contributed by atoms with Crippen molar-refractivity contribution in [2.24, 2.45) is 0 Å². The first-order chi connectivity index (χ1) is 21.8. The standard InChI is InChI=1S/C42H30O2/c1-3-7-27(8-4-1)29-11-15-31(16-12-29)33-19-21-35-37-25-38-36-22-20-34(24-40(36)44-42(38)26-41(37)43-39(35)23-33)32-17-13-30(14-18-32)28-9-5-2-6-10-28/h1-5,7-9,11-26,38,42H,6,10H2. The highest BCUT2D eigenvalue weighted by Crippen LogP contribution is 2.43. The number of furan rings is 1. The average Bonchev–Trinajstić information content (AvgIpc) is 3.64. The Kier molecular flexibility index (Phi) is 5.80. The minimum Gasteiger partial charge on any atom is -0.485 e. The molecule has 0 saturated carbocycles. The molecule has 0 N–H and O–H groups in total. The molecule has 0 radical (unpaired) electrons. The van der Waals surface area contributed by atoms with Gasteiger partial charge in [-0.3, -0.25) is 0 Å². The van der Waals surface area contributed by atoms with Gasteiger partial charge in [-0.1, -0.05) is 121 Å². The Labute approximate surface area is 256 Å². The lowest BCUT2D eigenvalue weighted by Gasteiger charge is -2.13. The minimum atomic E-state index is -0.0630. The molecule has 2 nitrogen and oxygen atoms in total. The Morgan fingerprint density at radius 1 is 0.591 bits per heavy atom. The first kappa shape index (κ1) is 25.2. The second-order valence-corrected chi connectivity index (χ2v) is 12.0. The number of fused-ring (bicyclic) bond motifs is 6. The first-order valence-corrected chi connectivity index (χ1v) is 15.5. The summed E-state index contributed by atoms with van der Waals surface area (Å²) in [6, 6.07) is 41.4. The highest BCUT2D eigenvalue weighted by molar-refractivity contribution is 5.86. The third-order valence-corrected chi connectivity index (χ3v) is 9.34. The van der Waals surface area contributed by atoms with Gasteiger partial charge < -0.3 is 9.15 Å². The highest BCUT2D eigenvalue weighted by atomic mass is 16.5. The average molecular weight is 567 g/mol. The van der Waals surface area contributed by atoms with Crippen LogP contribution in [0.4, 0.5) is 0 Å². The molecule has 0 fully saturated rings. The van der Waals surface area contributed by atoms with Gasteiger partial charge in [-0.15, -0.1) is 0 Å². The molecule has 6 aromatic rings. The molecular weight excluding hydrogens is 536 g/mol. The van der Waals surface area contributed by atoms with Crippen LogP contribution in [0.25, 0.3) is 62.1 Å². The van der Waals surface area contributed by atoms with Gasteiger partial charge in [-0.05, 0) is 75.6 Å². The van der Waals surface area contributed by atoms with Crippen LogP contribution in [0, 0.1) is 0 Å². The maximum absolute atomic E-state index is 6.52. The van der Waals surface area contributed by atoms with Crippen LogP contribution >= 0.6 is 0 Å². The van der Waals surface area contributed by atoms with Gasteiger partial charge in [0.15, 0.2) is 0 Å². The fraction of sp³-hybridized carbons (Fsp3) is 0.0952. The Morgan fingerprint density at radius 3 is 2.00 bits per heavy atom. The summed E-state index contributed by atoms with van der Waals surface area (Å²) in [6.45, 7) is 0. The number of hydrogen-bond acceptors (Lipinski definition) is 2. The smallest absolute Gasteiger partial charge is 0.136 e. The van der Waals surface area contributed by atoms with Crippen molar-refractivity contribution in [2.75, 3.05) is 0 Å². The zero-order chi connectivity index (χ0) is 29.0. The number of rotatable bonds is 4. The van der Waals surface area contributed by atoms with Crippen LogP contribution in [0.3, 0.4) is 0 Å². The molecule has 44 heavy (non-hydrogen) atoms. The number of hydrogen-bond donors (Lipinski definition) is 0. The van der Waals surface area contributed by atoms with Gasteiger partial charge in [0.2, 0.25) is 0 Å². The zero-order valence-electron chi connectivity index (χ0n) is 24.2. The molecule has 0 spiro atoms. The molecule has 0 saturated heterocycles. The molecule has 1 aromatic heterocycles. The Bertz CT molecular complexity index is 2230. The largest absolute Gasteiger partial charge is 0.485 e. The van der Waals surface area contributed by atoms with Crippen LogP contribution in [0.5, 0.6) is 5.75 Å². The highest BCUT2D eigenvalue weighted by Gasteiger charge is 2.34. The van der Waals surface area contributed by atoms with E-state index in [1.165, 1.54) is 44.5 Å². The van der Waals surface area contributed by atoms with Gasteiger partial charge >= 0.3 is 0 Å². The van der Waals surface area contributed by atoms with Crippen LogP contribution in [0.1, 0.15) is 29.9 Å². The number of allylic oxidation sites excluding steroid dienone is 4. The van der Waals surface area contributed by atoms with Crippen molar-refractivity contribution in [3.63, 3.8) is 0 Å². The maximum Gasteiger partial charge on any atom is 0.136 e. The molecule has 2 atom stereocenters. The van der Waals surface area contributed by atoms with Crippen LogP contribution < -0.4 is 15.4 Å². The summed E-state index contributed by atoms with van der Waals surface area (Å²) >= 11 is 0. The van der Waals surface area contributed by atoms with Crippen LogP contribution in [-0.2, 0) is 0 Å². The van der Waals surface area contributed by atoms with Gasteiger partial charge in [-0.25, -0.2) is 0 Å². The second-order valence-electron chi connectivity index (χ2n) is 12.0. The Morgan fingerprint density at radius 2 is 1.25 bits per heavy atom. The summed E-state index contributed by atoms with van der Waals surface area (Å²) in [5.41, 5.74) is 12.9. The number of benzene rings is 5. The van der Waals surface area contributed by atoms with E-state index in [2.05, 4.69) is 140 Å². The van der Waals surface area contributed by atoms with Crippen LogP contribution in [-0.4, -0.2) is 6.10 Å². The zero-order valence-corrected chi connectivity index (χ0v) is 24.2. The summed E-state index contributed by atoms with van der Waals surface area (Å²) in [5.74, 6) is 1.14. The van der Waals surface area contributed by atoms with Crippen molar-refractivity contribution in [3.05, 3.63) is 155 Å². The summed E-state index contributed by atoms with van der Waals surface area (Å²) in [6.07, 6.45) is 13.3. The van der Waals surface area contributed by atoms with Crippen molar-refractivity contribution in [1.82, 2.24) is 0 Å². The van der Waals surface area contributed by atoms with Crippen LogP contribution in [0.2, 0.25) is 0 Å². The van der Waals surface area contributed by atoms with E-state index in [0.717, 1.165) is 45.8 Å². The number of ether oxygens (including phenoxy) is 1.